The van der Waals surface area contributed by atoms with Crippen LogP contribution in [0.4, 0.5) is 5.69 Å². The second-order valence-electron chi connectivity index (χ2n) is 7.47. The maximum atomic E-state index is 12.9. The number of amides is 1. The van der Waals surface area contributed by atoms with E-state index in [1.54, 1.807) is 12.4 Å². The largest absolute Gasteiger partial charge is 0.494 e. The summed E-state index contributed by atoms with van der Waals surface area (Å²) in [4.78, 5) is 17.0. The van der Waals surface area contributed by atoms with Crippen molar-refractivity contribution >= 4 is 35.0 Å². The molecule has 0 aliphatic carbocycles. The third-order valence-corrected chi connectivity index (χ3v) is 6.59. The summed E-state index contributed by atoms with van der Waals surface area (Å²) in [6.07, 6.45) is 3.41. The Morgan fingerprint density at radius 2 is 1.85 bits per heavy atom. The fraction of sp³-hybridized carbons (Fsp3) is 0.200. The van der Waals surface area contributed by atoms with Crippen LogP contribution in [0.2, 0.25) is 5.02 Å². The molecule has 9 heteroatoms. The predicted octanol–water partition coefficient (Wildman–Crippen LogP) is 5.81. The summed E-state index contributed by atoms with van der Waals surface area (Å²) < 4.78 is 7.39. The molecule has 0 radical (unpaired) electrons. The Hall–Kier alpha value is -3.36. The number of nitrogens with one attached hydrogen (secondary N) is 1. The van der Waals surface area contributed by atoms with Gasteiger partial charge in [-0.3, -0.25) is 14.3 Å². The third kappa shape index (κ3) is 5.24. The molecule has 0 saturated heterocycles. The minimum absolute atomic E-state index is 0.142. The molecule has 2 aromatic heterocycles. The molecule has 0 aliphatic heterocycles. The van der Waals surface area contributed by atoms with E-state index in [0.717, 1.165) is 22.6 Å². The Morgan fingerprint density at radius 1 is 1.12 bits per heavy atom. The highest BCUT2D eigenvalue weighted by Crippen LogP contribution is 2.33. The van der Waals surface area contributed by atoms with Crippen LogP contribution in [0.5, 0.6) is 5.75 Å². The smallest absolute Gasteiger partial charge is 0.237 e. The van der Waals surface area contributed by atoms with Crippen LogP contribution in [0.1, 0.15) is 19.4 Å². The highest BCUT2D eigenvalue weighted by atomic mass is 35.5. The normalized spacial score (nSPS) is 11.8. The molecule has 2 heterocycles. The number of aromatic nitrogens is 4. The van der Waals surface area contributed by atoms with Crippen LogP contribution >= 0.6 is 23.4 Å². The van der Waals surface area contributed by atoms with E-state index >= 15 is 0 Å². The maximum Gasteiger partial charge on any atom is 0.237 e. The highest BCUT2D eigenvalue weighted by Gasteiger charge is 2.23. The van der Waals surface area contributed by atoms with E-state index in [1.165, 1.54) is 11.8 Å². The number of halogens is 1. The Balaban J connectivity index is 1.62. The third-order valence-electron chi connectivity index (χ3n) is 5.14. The summed E-state index contributed by atoms with van der Waals surface area (Å²) in [7, 11) is 0. The van der Waals surface area contributed by atoms with Crippen LogP contribution in [0.25, 0.3) is 17.1 Å². The molecule has 0 fully saturated rings. The van der Waals surface area contributed by atoms with Crippen LogP contribution in [0, 0.1) is 6.92 Å². The van der Waals surface area contributed by atoms with Crippen LogP contribution < -0.4 is 10.1 Å². The Kier molecular flexibility index (Phi) is 7.49. The minimum atomic E-state index is -0.431. The number of hydrogen-bond donors (Lipinski definition) is 1. The van der Waals surface area contributed by atoms with E-state index in [1.807, 2.05) is 79.9 Å². The lowest BCUT2D eigenvalue weighted by atomic mass is 10.2. The number of pyridine rings is 1. The summed E-state index contributed by atoms with van der Waals surface area (Å²) >= 11 is 7.74. The van der Waals surface area contributed by atoms with Crippen LogP contribution in [-0.2, 0) is 4.79 Å². The molecule has 1 amide bonds. The summed E-state index contributed by atoms with van der Waals surface area (Å²) in [6, 6.07) is 16.7. The standard InChI is InChI=1S/C25H24ClN5O2S/c1-4-33-20-10-8-19(9-11-20)28-24(32)17(3)34-25-30-29-23(18-12-14-27-15-13-18)31(25)22-7-5-6-21(26)16(22)2/h5-15,17H,4H2,1-3H3,(H,28,32). The monoisotopic (exact) mass is 493 g/mol. The lowest BCUT2D eigenvalue weighted by Gasteiger charge is -2.16. The number of carbonyl (C=O) groups is 1. The van der Waals surface area contributed by atoms with Crippen molar-refractivity contribution in [1.29, 1.82) is 0 Å². The van der Waals surface area contributed by atoms with Gasteiger partial charge in [0, 0.05) is 28.7 Å². The quantitative estimate of drug-likeness (QED) is 0.312. The number of anilines is 1. The Labute approximate surface area is 207 Å². The van der Waals surface area contributed by atoms with Gasteiger partial charge in [0.1, 0.15) is 5.75 Å². The lowest BCUT2D eigenvalue weighted by Crippen LogP contribution is -2.23. The van der Waals surface area contributed by atoms with Gasteiger partial charge < -0.3 is 10.1 Å². The van der Waals surface area contributed by atoms with Gasteiger partial charge >= 0.3 is 0 Å². The van der Waals surface area contributed by atoms with Crippen molar-refractivity contribution in [3.63, 3.8) is 0 Å². The van der Waals surface area contributed by atoms with Gasteiger partial charge in [0.2, 0.25) is 5.91 Å². The molecule has 34 heavy (non-hydrogen) atoms. The Morgan fingerprint density at radius 3 is 2.56 bits per heavy atom. The number of ether oxygens (including phenoxy) is 1. The summed E-state index contributed by atoms with van der Waals surface area (Å²) in [5.41, 5.74) is 3.31. The van der Waals surface area contributed by atoms with E-state index in [9.17, 15) is 4.79 Å². The van der Waals surface area contributed by atoms with Crippen molar-refractivity contribution in [1.82, 2.24) is 19.7 Å². The summed E-state index contributed by atoms with van der Waals surface area (Å²) in [5.74, 6) is 1.27. The molecule has 1 unspecified atom stereocenters. The van der Waals surface area contributed by atoms with Crippen LogP contribution in [0.15, 0.2) is 72.1 Å². The predicted molar refractivity (Wildman–Crippen MR) is 136 cm³/mol. The molecule has 0 bridgehead atoms. The molecular formula is C25H24ClN5O2S. The van der Waals surface area contributed by atoms with Crippen LogP contribution in [0.3, 0.4) is 0 Å². The zero-order valence-electron chi connectivity index (χ0n) is 19.0. The van der Waals surface area contributed by atoms with Crippen molar-refractivity contribution in [3.05, 3.63) is 77.6 Å². The van der Waals surface area contributed by atoms with Crippen molar-refractivity contribution in [2.24, 2.45) is 0 Å². The zero-order chi connectivity index (χ0) is 24.1. The van der Waals surface area contributed by atoms with Gasteiger partial charge in [-0.05, 0) is 74.9 Å². The van der Waals surface area contributed by atoms with E-state index < -0.39 is 5.25 Å². The van der Waals surface area contributed by atoms with Gasteiger partial charge in [0.25, 0.3) is 0 Å². The van der Waals surface area contributed by atoms with Crippen molar-refractivity contribution in [2.45, 2.75) is 31.2 Å². The van der Waals surface area contributed by atoms with E-state index in [0.29, 0.717) is 28.3 Å². The minimum Gasteiger partial charge on any atom is -0.494 e. The second kappa shape index (κ2) is 10.7. The second-order valence-corrected chi connectivity index (χ2v) is 9.18. The number of rotatable bonds is 8. The van der Waals surface area contributed by atoms with Crippen LogP contribution in [-0.4, -0.2) is 37.5 Å². The number of nitrogens with zero attached hydrogens (tertiary/aromatic N) is 4. The van der Waals surface area contributed by atoms with E-state index in [4.69, 9.17) is 16.3 Å². The number of carbonyl (C=O) groups excluding carboxylic acids is 1. The van der Waals surface area contributed by atoms with Gasteiger partial charge in [-0.1, -0.05) is 29.4 Å². The van der Waals surface area contributed by atoms with Crippen molar-refractivity contribution in [3.8, 4) is 22.8 Å². The molecule has 4 aromatic rings. The van der Waals surface area contributed by atoms with Gasteiger partial charge in [-0.15, -0.1) is 10.2 Å². The van der Waals surface area contributed by atoms with Crippen molar-refractivity contribution < 1.29 is 9.53 Å². The molecule has 1 N–H and O–H groups in total. The molecule has 0 saturated carbocycles. The first kappa shape index (κ1) is 23.8. The summed E-state index contributed by atoms with van der Waals surface area (Å²) in [6.45, 7) is 6.31. The maximum absolute atomic E-state index is 12.9. The fourth-order valence-electron chi connectivity index (χ4n) is 3.35. The van der Waals surface area contributed by atoms with Gasteiger partial charge in [-0.25, -0.2) is 0 Å². The first-order chi connectivity index (χ1) is 16.5. The highest BCUT2D eigenvalue weighted by molar-refractivity contribution is 8.00. The first-order valence-electron chi connectivity index (χ1n) is 10.8. The molecule has 0 spiro atoms. The molecule has 4 rings (SSSR count). The topological polar surface area (TPSA) is 81.9 Å². The summed E-state index contributed by atoms with van der Waals surface area (Å²) in [5, 5.41) is 12.6. The average Bonchev–Trinajstić information content (AvgIpc) is 3.26. The molecule has 1 atom stereocenters. The van der Waals surface area contributed by atoms with Gasteiger partial charge in [0.15, 0.2) is 11.0 Å². The zero-order valence-corrected chi connectivity index (χ0v) is 20.6. The van der Waals surface area contributed by atoms with Gasteiger partial charge in [-0.2, -0.15) is 0 Å². The first-order valence-corrected chi connectivity index (χ1v) is 12.1. The lowest BCUT2D eigenvalue weighted by molar-refractivity contribution is -0.115. The van der Waals surface area contributed by atoms with E-state index in [2.05, 4.69) is 20.5 Å². The number of hydrogen-bond acceptors (Lipinski definition) is 6. The SMILES string of the molecule is CCOc1ccc(NC(=O)C(C)Sc2nnc(-c3ccncc3)n2-c2cccc(Cl)c2C)cc1. The Bertz CT molecular complexity index is 1280. The molecule has 0 aliphatic rings. The average molecular weight is 494 g/mol. The van der Waals surface area contributed by atoms with Gasteiger partial charge in [0.05, 0.1) is 17.5 Å². The molecule has 7 nitrogen and oxygen atoms in total. The number of thioether (sulfide) groups is 1. The van der Waals surface area contributed by atoms with Crippen molar-refractivity contribution in [2.75, 3.05) is 11.9 Å². The molecule has 2 aromatic carbocycles. The fourth-order valence-corrected chi connectivity index (χ4v) is 4.38. The molecular weight excluding hydrogens is 470 g/mol. The number of benzene rings is 2. The van der Waals surface area contributed by atoms with E-state index in [-0.39, 0.29) is 5.91 Å². The molecule has 174 valence electrons.